The number of hydrogen-bond donors (Lipinski definition) is 0. The van der Waals surface area contributed by atoms with Crippen LogP contribution in [0, 0.1) is 5.41 Å². The number of furan rings is 2. The van der Waals surface area contributed by atoms with Gasteiger partial charge in [-0.2, -0.15) is 0 Å². The van der Waals surface area contributed by atoms with Gasteiger partial charge in [0.15, 0.2) is 0 Å². The Morgan fingerprint density at radius 1 is 0.407 bits per heavy atom. The number of fused-ring (bicyclic) bond motifs is 14. The summed E-state index contributed by atoms with van der Waals surface area (Å²) in [5.74, 6) is 0. The van der Waals surface area contributed by atoms with Gasteiger partial charge >= 0.3 is 0 Å². The van der Waals surface area contributed by atoms with Crippen LogP contribution < -0.4 is 9.80 Å². The van der Waals surface area contributed by atoms with Gasteiger partial charge in [0.1, 0.15) is 22.3 Å². The van der Waals surface area contributed by atoms with Crippen molar-refractivity contribution in [1.82, 2.24) is 0 Å². The molecule has 0 bridgehead atoms. The van der Waals surface area contributed by atoms with E-state index in [1.807, 2.05) is 0 Å². The average Bonchev–Trinajstić information content (AvgIpc) is 1.83. The fourth-order valence-corrected chi connectivity index (χ4v) is 13.5. The molecule has 408 valence electrons. The van der Waals surface area contributed by atoms with Crippen molar-refractivity contribution in [3.8, 4) is 22.3 Å². The predicted octanol–water partition coefficient (Wildman–Crippen LogP) is 22.4. The Bertz CT molecular complexity index is 4250. The predicted molar refractivity (Wildman–Crippen MR) is 345 cm³/mol. The van der Waals surface area contributed by atoms with Gasteiger partial charge in [-0.3, -0.25) is 0 Å². The number of hydrogen-bond acceptors (Lipinski definition) is 4. The van der Waals surface area contributed by atoms with E-state index in [1.54, 1.807) is 0 Å². The van der Waals surface area contributed by atoms with Crippen LogP contribution >= 0.6 is 0 Å². The largest absolute Gasteiger partial charge is 0.455 e. The lowest BCUT2D eigenvalue weighted by atomic mass is 9.79. The summed E-state index contributed by atoms with van der Waals surface area (Å²) in [7, 11) is 0. The molecule has 2 heterocycles. The first-order chi connectivity index (χ1) is 38.2. The monoisotopic (exact) mass is 1060 g/mol. The molecular weight excluding hydrogens is 985 g/mol. The van der Waals surface area contributed by atoms with Crippen molar-refractivity contribution in [3.63, 3.8) is 0 Å². The van der Waals surface area contributed by atoms with Crippen LogP contribution in [0.2, 0.25) is 0 Å². The van der Waals surface area contributed by atoms with Crippen LogP contribution in [0.4, 0.5) is 28.4 Å². The molecule has 0 N–H and O–H groups in total. The third-order valence-electron chi connectivity index (χ3n) is 18.3. The van der Waals surface area contributed by atoms with Crippen LogP contribution in [-0.2, 0) is 27.1 Å². The summed E-state index contributed by atoms with van der Waals surface area (Å²) >= 11 is 0. The van der Waals surface area contributed by atoms with E-state index in [2.05, 4.69) is 290 Å². The Morgan fingerprint density at radius 3 is 1.19 bits per heavy atom. The second kappa shape index (κ2) is 17.8. The van der Waals surface area contributed by atoms with Crippen molar-refractivity contribution < 1.29 is 8.83 Å². The summed E-state index contributed by atoms with van der Waals surface area (Å²) in [6.07, 6.45) is 10.1. The summed E-state index contributed by atoms with van der Waals surface area (Å²) in [5, 5.41) is 4.47. The molecule has 3 aliphatic carbocycles. The van der Waals surface area contributed by atoms with Gasteiger partial charge in [0.25, 0.3) is 0 Å². The van der Waals surface area contributed by atoms with Gasteiger partial charge in [0.2, 0.25) is 0 Å². The Labute approximate surface area is 480 Å². The van der Waals surface area contributed by atoms with Crippen LogP contribution in [0.25, 0.3) is 66.1 Å². The van der Waals surface area contributed by atoms with Crippen molar-refractivity contribution in [1.29, 1.82) is 0 Å². The number of rotatable bonds is 6. The van der Waals surface area contributed by atoms with Crippen molar-refractivity contribution in [3.05, 3.63) is 220 Å². The second-order valence-corrected chi connectivity index (χ2v) is 28.6. The minimum absolute atomic E-state index is 0.00502. The van der Waals surface area contributed by atoms with Gasteiger partial charge < -0.3 is 18.6 Å². The van der Waals surface area contributed by atoms with E-state index in [4.69, 9.17) is 8.83 Å². The summed E-state index contributed by atoms with van der Waals surface area (Å²) in [6.45, 7) is 37.2. The molecule has 3 aliphatic rings. The van der Waals surface area contributed by atoms with Crippen LogP contribution in [0.5, 0.6) is 0 Å². The third kappa shape index (κ3) is 8.28. The SMILES string of the molecule is CC(C)(C)C1=CC=C(N(c2ccc(C(C)(C)C)cc2)c2cc3c(c4oc5ccccc5c24)-c2cc4c(cc2C3(C)C)-c2c(cc(N(c3ccc(C(C)(C)C)cc3)c3ccc(C(C)(C)C)cc3)c3c2oc2ccccc23)C4(C)C)CC=C1. The molecule has 10 aromatic rings. The first-order valence-corrected chi connectivity index (χ1v) is 29.4. The Hall–Kier alpha value is -7.82. The Morgan fingerprint density at radius 2 is 0.790 bits per heavy atom. The normalized spacial score (nSPS) is 15.7. The summed E-state index contributed by atoms with van der Waals surface area (Å²) in [6, 6.07) is 55.1. The molecular formula is C77H78N2O2. The van der Waals surface area contributed by atoms with Crippen LogP contribution in [0.1, 0.15) is 156 Å². The highest BCUT2D eigenvalue weighted by Crippen LogP contribution is 2.62. The molecule has 8 aromatic carbocycles. The van der Waals surface area contributed by atoms with E-state index in [1.165, 1.54) is 72.5 Å². The molecule has 0 saturated heterocycles. The molecule has 0 spiro atoms. The van der Waals surface area contributed by atoms with E-state index in [9.17, 15) is 0 Å². The Balaban J connectivity index is 1.05. The third-order valence-corrected chi connectivity index (χ3v) is 18.3. The molecule has 0 atom stereocenters. The zero-order valence-corrected chi connectivity index (χ0v) is 50.6. The molecule has 0 saturated carbocycles. The van der Waals surface area contributed by atoms with Gasteiger partial charge in [-0.25, -0.2) is 0 Å². The highest BCUT2D eigenvalue weighted by molar-refractivity contribution is 6.21. The summed E-state index contributed by atoms with van der Waals surface area (Å²) < 4.78 is 14.6. The average molecular weight is 1060 g/mol. The van der Waals surface area contributed by atoms with Crippen LogP contribution in [0.3, 0.4) is 0 Å². The molecule has 0 fully saturated rings. The molecule has 0 aliphatic heterocycles. The molecule has 0 amide bonds. The number of anilines is 5. The van der Waals surface area contributed by atoms with Gasteiger partial charge in [0, 0.05) is 61.9 Å². The minimum atomic E-state index is -0.409. The molecule has 81 heavy (non-hydrogen) atoms. The van der Waals surface area contributed by atoms with Crippen LogP contribution in [0.15, 0.2) is 190 Å². The maximum Gasteiger partial charge on any atom is 0.145 e. The lowest BCUT2D eigenvalue weighted by molar-refractivity contribution is 0.517. The zero-order valence-electron chi connectivity index (χ0n) is 50.6. The fraction of sp³-hybridized carbons (Fsp3) is 0.299. The van der Waals surface area contributed by atoms with Gasteiger partial charge in [0.05, 0.1) is 22.1 Å². The summed E-state index contributed by atoms with van der Waals surface area (Å²) in [5.41, 5.74) is 24.8. The number of nitrogens with zero attached hydrogens (tertiary/aromatic N) is 2. The van der Waals surface area contributed by atoms with Gasteiger partial charge in [-0.15, -0.1) is 0 Å². The lowest BCUT2D eigenvalue weighted by Crippen LogP contribution is -2.20. The Kier molecular flexibility index (Phi) is 11.6. The molecule has 0 radical (unpaired) electrons. The van der Waals surface area contributed by atoms with Crippen molar-refractivity contribution in [2.24, 2.45) is 5.41 Å². The van der Waals surface area contributed by atoms with Gasteiger partial charge in [-0.1, -0.05) is 202 Å². The highest BCUT2D eigenvalue weighted by atomic mass is 16.3. The van der Waals surface area contributed by atoms with Crippen molar-refractivity contribution in [2.75, 3.05) is 9.80 Å². The van der Waals surface area contributed by atoms with Crippen molar-refractivity contribution in [2.45, 2.75) is 144 Å². The quantitative estimate of drug-likeness (QED) is 0.166. The topological polar surface area (TPSA) is 32.8 Å². The smallest absolute Gasteiger partial charge is 0.145 e. The van der Waals surface area contributed by atoms with E-state index in [0.717, 1.165) is 78.7 Å². The van der Waals surface area contributed by atoms with Crippen molar-refractivity contribution >= 4 is 72.3 Å². The maximum absolute atomic E-state index is 7.32. The zero-order chi connectivity index (χ0) is 57.1. The molecule has 4 nitrogen and oxygen atoms in total. The van der Waals surface area contributed by atoms with E-state index >= 15 is 0 Å². The summed E-state index contributed by atoms with van der Waals surface area (Å²) in [4.78, 5) is 5.00. The standard InChI is InChI=1S/C77H78N2O2/c1-72(2,3)46-22-21-23-50(35-28-46)78(51-36-29-47(30-37-51)73(4,5)6)62-44-60-66(70-68(62)54-24-17-19-26-64(54)80-70)56-42-59-57(43-58(56)76(60,13)14)67-61(77(59,15)16)45-63(69-55-25-18-20-27-65(55)81-71(67)69)79(52-38-31-48(32-39-52)74(7,8)9)53-40-33-49(34-41-53)75(10,11)12/h17-22,24-45H,23H2,1-16H3. The molecule has 0 unspecified atom stereocenters. The molecule has 4 heteroatoms. The van der Waals surface area contributed by atoms with E-state index < -0.39 is 10.8 Å². The number of benzene rings is 8. The maximum atomic E-state index is 7.32. The second-order valence-electron chi connectivity index (χ2n) is 28.6. The number of allylic oxidation sites excluding steroid dienone is 5. The number of para-hydroxylation sites is 2. The van der Waals surface area contributed by atoms with Crippen LogP contribution in [-0.4, -0.2) is 0 Å². The fourth-order valence-electron chi connectivity index (χ4n) is 13.5. The van der Waals surface area contributed by atoms with E-state index in [-0.39, 0.29) is 21.7 Å². The molecule has 13 rings (SSSR count). The first-order valence-electron chi connectivity index (χ1n) is 29.4. The van der Waals surface area contributed by atoms with E-state index in [0.29, 0.717) is 0 Å². The van der Waals surface area contributed by atoms with Gasteiger partial charge in [-0.05, 0) is 156 Å². The minimum Gasteiger partial charge on any atom is -0.455 e. The molecule has 2 aromatic heterocycles. The first kappa shape index (κ1) is 52.5. The highest BCUT2D eigenvalue weighted by Gasteiger charge is 2.46. The lowest BCUT2D eigenvalue weighted by Gasteiger charge is -2.31.